The van der Waals surface area contributed by atoms with Crippen LogP contribution in [0, 0.1) is 11.8 Å². The van der Waals surface area contributed by atoms with Crippen LogP contribution in [0.15, 0.2) is 72.9 Å². The Morgan fingerprint density at radius 3 is 2.55 bits per heavy atom. The molecule has 3 atom stereocenters. The average Bonchev–Trinajstić information content (AvgIpc) is 3.21. The normalized spacial score (nSPS) is 19.8. The Labute approximate surface area is 197 Å². The van der Waals surface area contributed by atoms with Crippen LogP contribution >= 0.6 is 11.6 Å². The molecule has 1 unspecified atom stereocenters. The summed E-state index contributed by atoms with van der Waals surface area (Å²) >= 11 is 6.03. The van der Waals surface area contributed by atoms with Gasteiger partial charge in [0, 0.05) is 40.2 Å². The van der Waals surface area contributed by atoms with Gasteiger partial charge in [0.15, 0.2) is 5.78 Å². The third-order valence-corrected chi connectivity index (χ3v) is 6.86. The molecule has 0 aliphatic heterocycles. The number of nitrogens with zero attached hydrogens (tertiary/aromatic N) is 1. The number of H-pyrrole nitrogens is 1. The van der Waals surface area contributed by atoms with Gasteiger partial charge in [-0.2, -0.15) is 0 Å². The minimum Gasteiger partial charge on any atom is -0.358 e. The summed E-state index contributed by atoms with van der Waals surface area (Å²) in [6.45, 7) is 2.13. The van der Waals surface area contributed by atoms with E-state index in [1.807, 2.05) is 30.3 Å². The first-order valence-corrected chi connectivity index (χ1v) is 11.6. The Morgan fingerprint density at radius 2 is 1.82 bits per heavy atom. The van der Waals surface area contributed by atoms with E-state index in [9.17, 15) is 9.59 Å². The molecule has 0 bridgehead atoms. The Bertz CT molecular complexity index is 1310. The van der Waals surface area contributed by atoms with Crippen LogP contribution in [0.2, 0.25) is 0 Å². The van der Waals surface area contributed by atoms with Gasteiger partial charge < -0.3 is 10.3 Å². The number of rotatable bonds is 5. The molecule has 1 aliphatic carbocycles. The number of aromatic nitrogens is 2. The number of fused-ring (bicyclic) bond motifs is 3. The second-order valence-corrected chi connectivity index (χ2v) is 8.91. The predicted octanol–water partition coefficient (Wildman–Crippen LogP) is 5.56. The number of halogens is 1. The quantitative estimate of drug-likeness (QED) is 0.385. The van der Waals surface area contributed by atoms with E-state index < -0.39 is 0 Å². The first-order valence-electron chi connectivity index (χ1n) is 11.1. The van der Waals surface area contributed by atoms with Gasteiger partial charge >= 0.3 is 0 Å². The van der Waals surface area contributed by atoms with Gasteiger partial charge in [0.05, 0.1) is 5.88 Å². The summed E-state index contributed by atoms with van der Waals surface area (Å²) in [6, 6.07) is 21.1. The van der Waals surface area contributed by atoms with Gasteiger partial charge in [0.1, 0.15) is 5.82 Å². The minimum atomic E-state index is -0.226. The Morgan fingerprint density at radius 1 is 1.06 bits per heavy atom. The smallest absolute Gasteiger partial charge is 0.256 e. The molecule has 5 rings (SSSR count). The van der Waals surface area contributed by atoms with Gasteiger partial charge in [-0.15, -0.1) is 11.6 Å². The number of benzene rings is 2. The van der Waals surface area contributed by atoms with Crippen molar-refractivity contribution in [3.63, 3.8) is 0 Å². The molecule has 5 nitrogen and oxygen atoms in total. The van der Waals surface area contributed by atoms with Crippen molar-refractivity contribution < 1.29 is 9.59 Å². The molecule has 1 amide bonds. The van der Waals surface area contributed by atoms with Crippen molar-refractivity contribution in [1.82, 2.24) is 9.97 Å². The molecule has 0 saturated carbocycles. The average molecular weight is 458 g/mol. The molecule has 33 heavy (non-hydrogen) atoms. The summed E-state index contributed by atoms with van der Waals surface area (Å²) in [5.41, 5.74) is 4.93. The van der Waals surface area contributed by atoms with Crippen molar-refractivity contribution in [3.8, 4) is 0 Å². The van der Waals surface area contributed by atoms with Crippen LogP contribution in [0.5, 0.6) is 0 Å². The largest absolute Gasteiger partial charge is 0.358 e. The van der Waals surface area contributed by atoms with Crippen molar-refractivity contribution in [1.29, 1.82) is 0 Å². The number of nitrogens with one attached hydrogen (secondary N) is 2. The maximum atomic E-state index is 12.9. The minimum absolute atomic E-state index is 0.00830. The lowest BCUT2D eigenvalue weighted by Crippen LogP contribution is -2.35. The second kappa shape index (κ2) is 8.83. The molecule has 0 fully saturated rings. The van der Waals surface area contributed by atoms with Gasteiger partial charge in [-0.05, 0) is 53.8 Å². The number of hydrogen-bond acceptors (Lipinski definition) is 3. The number of carbonyl (C=O) groups is 2. The number of amides is 1. The number of anilines is 1. The molecule has 0 spiro atoms. The third-order valence-electron chi connectivity index (χ3n) is 6.60. The topological polar surface area (TPSA) is 74.8 Å². The monoisotopic (exact) mass is 457 g/mol. The zero-order valence-electron chi connectivity index (χ0n) is 18.2. The molecule has 4 aromatic rings. The van der Waals surface area contributed by atoms with E-state index in [1.54, 1.807) is 30.5 Å². The van der Waals surface area contributed by atoms with Gasteiger partial charge in [-0.3, -0.25) is 9.59 Å². The highest BCUT2D eigenvalue weighted by Crippen LogP contribution is 2.46. The first kappa shape index (κ1) is 21.4. The molecule has 2 aromatic heterocycles. The molecular formula is C27H24ClN3O2. The maximum absolute atomic E-state index is 12.9. The highest BCUT2D eigenvalue weighted by Gasteiger charge is 2.41. The van der Waals surface area contributed by atoms with Crippen molar-refractivity contribution >= 4 is 40.0 Å². The summed E-state index contributed by atoms with van der Waals surface area (Å²) in [7, 11) is 0. The predicted molar refractivity (Wildman–Crippen MR) is 131 cm³/mol. The summed E-state index contributed by atoms with van der Waals surface area (Å²) in [4.78, 5) is 33.3. The van der Waals surface area contributed by atoms with E-state index in [-0.39, 0.29) is 35.3 Å². The summed E-state index contributed by atoms with van der Waals surface area (Å²) < 4.78 is 0. The van der Waals surface area contributed by atoms with E-state index >= 15 is 0 Å². The summed E-state index contributed by atoms with van der Waals surface area (Å²) in [5.74, 6) is 0.105. The van der Waals surface area contributed by atoms with Crippen molar-refractivity contribution in [3.05, 3.63) is 95.3 Å². The fourth-order valence-electron chi connectivity index (χ4n) is 5.10. The number of Topliss-reactive ketones (excluding diaryl/α,β-unsaturated/α-hetero) is 1. The maximum Gasteiger partial charge on any atom is 0.256 e. The number of aromatic amines is 1. The molecule has 0 radical (unpaired) electrons. The van der Waals surface area contributed by atoms with E-state index in [0.29, 0.717) is 11.4 Å². The van der Waals surface area contributed by atoms with Crippen LogP contribution in [0.25, 0.3) is 10.9 Å². The number of pyridine rings is 1. The molecule has 2 N–H and O–H groups in total. The zero-order chi connectivity index (χ0) is 22.9. The Balaban J connectivity index is 1.53. The molecule has 2 heterocycles. The number of ketones is 1. The lowest BCUT2D eigenvalue weighted by atomic mass is 9.67. The third kappa shape index (κ3) is 3.93. The molecule has 0 saturated heterocycles. The molecular weight excluding hydrogens is 434 g/mol. The van der Waals surface area contributed by atoms with Crippen molar-refractivity contribution in [2.24, 2.45) is 11.8 Å². The van der Waals surface area contributed by atoms with Crippen LogP contribution in [-0.4, -0.2) is 27.5 Å². The first-order chi connectivity index (χ1) is 16.1. The van der Waals surface area contributed by atoms with Crippen molar-refractivity contribution in [2.75, 3.05) is 11.2 Å². The number of para-hydroxylation sites is 1. The Kier molecular flexibility index (Phi) is 5.73. The van der Waals surface area contributed by atoms with Crippen LogP contribution < -0.4 is 5.32 Å². The van der Waals surface area contributed by atoms with Gasteiger partial charge in [0.2, 0.25) is 0 Å². The summed E-state index contributed by atoms with van der Waals surface area (Å²) in [6.07, 6.45) is 2.46. The van der Waals surface area contributed by atoms with E-state index in [4.69, 9.17) is 11.6 Å². The summed E-state index contributed by atoms with van der Waals surface area (Å²) in [5, 5.41) is 4.01. The highest BCUT2D eigenvalue weighted by atomic mass is 35.5. The van der Waals surface area contributed by atoms with E-state index in [0.717, 1.165) is 23.2 Å². The molecule has 6 heteroatoms. The number of alkyl halides is 1. The van der Waals surface area contributed by atoms with Crippen LogP contribution in [0.1, 0.15) is 40.0 Å². The fourth-order valence-corrected chi connectivity index (χ4v) is 5.27. The van der Waals surface area contributed by atoms with Crippen LogP contribution in [0.3, 0.4) is 0 Å². The van der Waals surface area contributed by atoms with Gasteiger partial charge in [-0.1, -0.05) is 43.3 Å². The fraction of sp³-hybridized carbons (Fsp3) is 0.222. The van der Waals surface area contributed by atoms with Crippen molar-refractivity contribution in [2.45, 2.75) is 19.3 Å². The van der Waals surface area contributed by atoms with E-state index in [2.05, 4.69) is 34.3 Å². The van der Waals surface area contributed by atoms with Crippen LogP contribution in [-0.2, 0) is 11.2 Å². The Hall–Kier alpha value is -3.44. The second-order valence-electron chi connectivity index (χ2n) is 8.64. The standard InChI is InChI=1S/C27H24ClN3O2/c1-16-14-20-19-6-2-3-7-21(19)30-26(20)25(24(16)22(32)15-28)17-9-11-18(12-10-17)27(33)31-23-8-4-5-13-29-23/h2-13,16,24-25,30H,14-15H2,1H3,(H,29,31,33)/t16-,24?,25+/m0/s1. The number of hydrogen-bond donors (Lipinski definition) is 2. The van der Waals surface area contributed by atoms with Gasteiger partial charge in [-0.25, -0.2) is 4.98 Å². The lowest BCUT2D eigenvalue weighted by Gasteiger charge is -2.36. The molecule has 1 aliphatic rings. The van der Waals surface area contributed by atoms with Crippen LogP contribution in [0.4, 0.5) is 5.82 Å². The number of carbonyl (C=O) groups excluding carboxylic acids is 2. The zero-order valence-corrected chi connectivity index (χ0v) is 19.0. The molecule has 2 aromatic carbocycles. The lowest BCUT2D eigenvalue weighted by molar-refractivity contribution is -0.122. The van der Waals surface area contributed by atoms with E-state index in [1.165, 1.54) is 10.9 Å². The SMILES string of the molecule is C[C@H]1Cc2c([nH]c3ccccc23)[C@H](c2ccc(C(=O)Nc3ccccn3)cc2)C1C(=O)CCl. The highest BCUT2D eigenvalue weighted by molar-refractivity contribution is 6.28. The molecule has 166 valence electrons. The van der Waals surface area contributed by atoms with Gasteiger partial charge in [0.25, 0.3) is 5.91 Å².